The molecule has 13 nitrogen and oxygen atoms in total. The Hall–Kier alpha value is -3.94. The number of nitrogens with two attached hydrogens (primary N) is 2. The average molecular weight is 474 g/mol. The van der Waals surface area contributed by atoms with E-state index in [4.69, 9.17) is 16.2 Å². The molecular weight excluding hydrogens is 450 g/mol. The fraction of sp³-hybridized carbons (Fsp3) is 0.316. The summed E-state index contributed by atoms with van der Waals surface area (Å²) >= 11 is 0. The number of hydrogen-bond acceptors (Lipinski definition) is 7. The normalized spacial score (nSPS) is 11.8. The Labute approximate surface area is 188 Å². The predicted octanol–water partition coefficient (Wildman–Crippen LogP) is 0.595. The van der Waals surface area contributed by atoms with Gasteiger partial charge in [-0.25, -0.2) is 14.2 Å². The van der Waals surface area contributed by atoms with E-state index in [1.54, 1.807) is 0 Å². The molecule has 4 aromatic rings. The van der Waals surface area contributed by atoms with E-state index in [0.717, 1.165) is 6.42 Å². The molecule has 0 unspecified atom stereocenters. The van der Waals surface area contributed by atoms with Gasteiger partial charge in [-0.1, -0.05) is 13.8 Å². The Balaban J connectivity index is 1.99. The van der Waals surface area contributed by atoms with E-state index >= 15 is 0 Å². The topological polar surface area (TPSA) is 189 Å². The zero-order chi connectivity index (χ0) is 23.8. The largest absolute Gasteiger partial charge is 0.493 e. The molecule has 0 saturated carbocycles. The van der Waals surface area contributed by atoms with Crippen LogP contribution in [0.3, 0.4) is 0 Å². The fourth-order valence-corrected chi connectivity index (χ4v) is 4.31. The standard InChI is InChI=1S/C19H23N9O4S/c1-3-7-27-16-14(17-25-22-10-28(17)19(27)29)23-15(24-16)12-9-11(33(30,31)26-18(20)21)5-6-13(12)32-8-4-2/h5-6,9-10H,3-4,7-8H2,1-2H3,(H,23,24)(H4,20,21,26). The third kappa shape index (κ3) is 4.00. The van der Waals surface area contributed by atoms with Crippen molar-refractivity contribution in [2.75, 3.05) is 6.61 Å². The van der Waals surface area contributed by atoms with Crippen LogP contribution >= 0.6 is 0 Å². The molecule has 174 valence electrons. The van der Waals surface area contributed by atoms with E-state index in [0.29, 0.717) is 53.5 Å². The van der Waals surface area contributed by atoms with Crippen LogP contribution in [-0.4, -0.2) is 50.1 Å². The smallest absolute Gasteiger partial charge is 0.336 e. The number of aromatic nitrogens is 6. The van der Waals surface area contributed by atoms with E-state index in [-0.39, 0.29) is 10.6 Å². The Bertz CT molecular complexity index is 1530. The lowest BCUT2D eigenvalue weighted by atomic mass is 10.2. The second-order valence-electron chi connectivity index (χ2n) is 7.24. The van der Waals surface area contributed by atoms with Gasteiger partial charge >= 0.3 is 5.69 Å². The first-order chi connectivity index (χ1) is 15.8. The first-order valence-electron chi connectivity index (χ1n) is 10.2. The van der Waals surface area contributed by atoms with Crippen LogP contribution in [0.2, 0.25) is 0 Å². The van der Waals surface area contributed by atoms with Crippen LogP contribution in [-0.2, 0) is 16.6 Å². The maximum absolute atomic E-state index is 12.9. The molecule has 0 bridgehead atoms. The molecule has 0 atom stereocenters. The van der Waals surface area contributed by atoms with Crippen LogP contribution in [0.1, 0.15) is 26.7 Å². The molecule has 0 saturated heterocycles. The maximum Gasteiger partial charge on any atom is 0.336 e. The average Bonchev–Trinajstić information content (AvgIpc) is 3.41. The van der Waals surface area contributed by atoms with Gasteiger partial charge in [0.05, 0.1) is 17.1 Å². The van der Waals surface area contributed by atoms with E-state index in [2.05, 4.69) is 24.6 Å². The number of guanidine groups is 1. The highest BCUT2D eigenvalue weighted by molar-refractivity contribution is 7.90. The third-order valence-electron chi connectivity index (χ3n) is 4.79. The number of sulfonamides is 1. The number of nitrogens with zero attached hydrogens (tertiary/aromatic N) is 6. The first kappa shape index (κ1) is 22.3. The summed E-state index contributed by atoms with van der Waals surface area (Å²) in [5.41, 5.74) is 11.7. The Morgan fingerprint density at radius 3 is 2.70 bits per heavy atom. The number of hydrogen-bond donors (Lipinski definition) is 3. The molecule has 4 rings (SSSR count). The second-order valence-corrected chi connectivity index (χ2v) is 8.84. The molecule has 3 heterocycles. The zero-order valence-electron chi connectivity index (χ0n) is 18.0. The quantitative estimate of drug-likeness (QED) is 0.243. The van der Waals surface area contributed by atoms with Crippen LogP contribution in [0.15, 0.2) is 38.6 Å². The van der Waals surface area contributed by atoms with E-state index in [9.17, 15) is 13.2 Å². The number of ether oxygens (including phenoxy) is 1. The van der Waals surface area contributed by atoms with Crippen LogP contribution < -0.4 is 21.9 Å². The lowest BCUT2D eigenvalue weighted by Crippen LogP contribution is -2.26. The number of nitrogens with one attached hydrogen (secondary N) is 1. The monoisotopic (exact) mass is 473 g/mol. The van der Waals surface area contributed by atoms with Gasteiger partial charge in [-0.3, -0.25) is 4.57 Å². The molecule has 0 aliphatic rings. The van der Waals surface area contributed by atoms with Crippen molar-refractivity contribution in [3.8, 4) is 17.1 Å². The maximum atomic E-state index is 12.9. The summed E-state index contributed by atoms with van der Waals surface area (Å²) in [5, 5.41) is 7.87. The van der Waals surface area contributed by atoms with Gasteiger partial charge in [-0.05, 0) is 31.0 Å². The van der Waals surface area contributed by atoms with Crippen LogP contribution in [0, 0.1) is 0 Å². The van der Waals surface area contributed by atoms with Crippen molar-refractivity contribution in [1.29, 1.82) is 0 Å². The van der Waals surface area contributed by atoms with Gasteiger partial charge in [0.25, 0.3) is 10.0 Å². The lowest BCUT2D eigenvalue weighted by Gasteiger charge is -2.11. The Morgan fingerprint density at radius 2 is 2.00 bits per heavy atom. The van der Waals surface area contributed by atoms with Crippen molar-refractivity contribution in [2.24, 2.45) is 15.9 Å². The molecular formula is C19H23N9O4S. The van der Waals surface area contributed by atoms with Gasteiger partial charge in [0.2, 0.25) is 5.96 Å². The summed E-state index contributed by atoms with van der Waals surface area (Å²) in [6.45, 7) is 4.72. The SMILES string of the molecule is CCCOc1ccc(S(=O)(=O)N=C(N)N)cc1-c1nc2c([nH]1)c1nncn1c(=O)n2CCC. The summed E-state index contributed by atoms with van der Waals surface area (Å²) in [5.74, 6) is 0.115. The number of fused-ring (bicyclic) bond motifs is 3. The van der Waals surface area contributed by atoms with Crippen LogP contribution in [0.5, 0.6) is 5.75 Å². The van der Waals surface area contributed by atoms with Crippen LogP contribution in [0.4, 0.5) is 0 Å². The minimum Gasteiger partial charge on any atom is -0.493 e. The summed E-state index contributed by atoms with van der Waals surface area (Å²) in [7, 11) is -4.15. The molecule has 33 heavy (non-hydrogen) atoms. The molecule has 0 fully saturated rings. The summed E-state index contributed by atoms with van der Waals surface area (Å²) in [4.78, 5) is 20.5. The fourth-order valence-electron chi connectivity index (χ4n) is 3.42. The number of imidazole rings is 1. The predicted molar refractivity (Wildman–Crippen MR) is 121 cm³/mol. The van der Waals surface area contributed by atoms with Gasteiger partial charge in [0.1, 0.15) is 23.4 Å². The number of benzene rings is 1. The van der Waals surface area contributed by atoms with Gasteiger partial charge in [-0.2, -0.15) is 8.42 Å². The van der Waals surface area contributed by atoms with E-state index in [1.807, 2.05) is 13.8 Å². The number of aromatic amines is 1. The first-order valence-corrected chi connectivity index (χ1v) is 11.7. The summed E-state index contributed by atoms with van der Waals surface area (Å²) in [6, 6.07) is 4.23. The molecule has 0 amide bonds. The van der Waals surface area contributed by atoms with Crippen molar-refractivity contribution in [3.05, 3.63) is 35.0 Å². The Kier molecular flexibility index (Phi) is 5.76. The van der Waals surface area contributed by atoms with Crippen molar-refractivity contribution in [1.82, 2.24) is 29.1 Å². The highest BCUT2D eigenvalue weighted by atomic mass is 32.2. The highest BCUT2D eigenvalue weighted by Gasteiger charge is 2.22. The minimum absolute atomic E-state index is 0.145. The molecule has 1 aromatic carbocycles. The van der Waals surface area contributed by atoms with Crippen molar-refractivity contribution in [3.63, 3.8) is 0 Å². The van der Waals surface area contributed by atoms with Crippen molar-refractivity contribution >= 4 is 32.8 Å². The van der Waals surface area contributed by atoms with Gasteiger partial charge < -0.3 is 21.2 Å². The van der Waals surface area contributed by atoms with E-state index < -0.39 is 16.0 Å². The van der Waals surface area contributed by atoms with Gasteiger partial charge in [0.15, 0.2) is 11.3 Å². The molecule has 3 aromatic heterocycles. The lowest BCUT2D eigenvalue weighted by molar-refractivity contribution is 0.318. The van der Waals surface area contributed by atoms with Gasteiger partial charge in [0, 0.05) is 6.54 Å². The molecule has 0 spiro atoms. The van der Waals surface area contributed by atoms with Crippen LogP contribution in [0.25, 0.3) is 28.2 Å². The summed E-state index contributed by atoms with van der Waals surface area (Å²) in [6.07, 6.45) is 2.77. The molecule has 0 aliphatic carbocycles. The third-order valence-corrected chi connectivity index (χ3v) is 6.09. The highest BCUT2D eigenvalue weighted by Crippen LogP contribution is 2.33. The minimum atomic E-state index is -4.15. The number of H-pyrrole nitrogens is 1. The molecule has 14 heteroatoms. The van der Waals surface area contributed by atoms with E-state index in [1.165, 1.54) is 33.5 Å². The van der Waals surface area contributed by atoms with Gasteiger partial charge in [-0.15, -0.1) is 14.6 Å². The molecule has 0 radical (unpaired) electrons. The molecule has 0 aliphatic heterocycles. The van der Waals surface area contributed by atoms with Crippen molar-refractivity contribution < 1.29 is 13.2 Å². The zero-order valence-corrected chi connectivity index (χ0v) is 18.8. The second kappa shape index (κ2) is 8.54. The summed E-state index contributed by atoms with van der Waals surface area (Å²) < 4.78 is 37.1. The number of aryl methyl sites for hydroxylation is 1. The number of rotatable bonds is 8. The molecule has 5 N–H and O–H groups in total. The Morgan fingerprint density at radius 1 is 1.21 bits per heavy atom. The van der Waals surface area contributed by atoms with Crippen molar-refractivity contribution in [2.45, 2.75) is 38.1 Å².